The van der Waals surface area contributed by atoms with Crippen molar-refractivity contribution in [1.82, 2.24) is 4.57 Å². The molecule has 1 aromatic heterocycles. The number of hydrogen-bond acceptors (Lipinski definition) is 6. The number of aromatic hydroxyl groups is 1. The summed E-state index contributed by atoms with van der Waals surface area (Å²) in [7, 11) is 3.13. The summed E-state index contributed by atoms with van der Waals surface area (Å²) in [6.07, 6.45) is 0. The molecule has 0 unspecified atom stereocenters. The molecule has 0 radical (unpaired) electrons. The van der Waals surface area contributed by atoms with E-state index in [0.717, 1.165) is 11.1 Å². The van der Waals surface area contributed by atoms with Gasteiger partial charge in [0, 0.05) is 5.39 Å². The molecule has 4 rings (SSSR count). The number of azo groups is 1. The van der Waals surface area contributed by atoms with Gasteiger partial charge in [-0.3, -0.25) is 4.79 Å². The number of fused-ring (bicyclic) bond motifs is 1. The minimum atomic E-state index is -0.615. The average Bonchev–Trinajstić information content (AvgIpc) is 3.12. The minimum Gasteiger partial charge on any atom is -0.493 e. The molecule has 0 aliphatic heterocycles. The van der Waals surface area contributed by atoms with Crippen molar-refractivity contribution in [2.24, 2.45) is 10.2 Å². The van der Waals surface area contributed by atoms with Crippen molar-refractivity contribution in [3.05, 3.63) is 77.3 Å². The van der Waals surface area contributed by atoms with Crippen molar-refractivity contribution in [3.8, 4) is 23.1 Å². The van der Waals surface area contributed by atoms with Gasteiger partial charge in [-0.25, -0.2) is 0 Å². The molecule has 0 saturated heterocycles. The van der Waals surface area contributed by atoms with Crippen molar-refractivity contribution in [3.63, 3.8) is 0 Å². The number of benzene rings is 3. The first-order chi connectivity index (χ1) is 16.5. The van der Waals surface area contributed by atoms with Crippen LogP contribution in [0.3, 0.4) is 0 Å². The number of halogens is 1. The first-order valence-corrected chi connectivity index (χ1v) is 10.7. The zero-order valence-corrected chi connectivity index (χ0v) is 19.3. The monoisotopic (exact) mass is 479 g/mol. The fourth-order valence-electron chi connectivity index (χ4n) is 3.53. The molecule has 8 nitrogen and oxygen atoms in total. The number of amides is 1. The first-order valence-electron chi connectivity index (χ1n) is 10.3. The SMILES string of the molecule is COc1ccc(Cn2c(O)c(N=NC(=O)COc3ccccc3Cl)c3ccccc32)cc1OC. The number of ether oxygens (including phenoxy) is 3. The second-order valence-electron chi connectivity index (χ2n) is 7.28. The van der Waals surface area contributed by atoms with Gasteiger partial charge in [-0.05, 0) is 35.9 Å². The van der Waals surface area contributed by atoms with Crippen LogP contribution in [0.25, 0.3) is 10.9 Å². The topological polar surface area (TPSA) is 94.6 Å². The van der Waals surface area contributed by atoms with E-state index in [1.165, 1.54) is 0 Å². The van der Waals surface area contributed by atoms with E-state index in [1.54, 1.807) is 55.2 Å². The van der Waals surface area contributed by atoms with Crippen LogP contribution in [0, 0.1) is 0 Å². The Morgan fingerprint density at radius 3 is 2.47 bits per heavy atom. The summed E-state index contributed by atoms with van der Waals surface area (Å²) < 4.78 is 17.8. The lowest BCUT2D eigenvalue weighted by molar-refractivity contribution is -0.120. The summed E-state index contributed by atoms with van der Waals surface area (Å²) in [5, 5.41) is 19.8. The van der Waals surface area contributed by atoms with Crippen molar-refractivity contribution < 1.29 is 24.1 Å². The molecule has 0 aliphatic carbocycles. The summed E-state index contributed by atoms with van der Waals surface area (Å²) in [5.74, 6) is 0.845. The van der Waals surface area contributed by atoms with Crippen LogP contribution >= 0.6 is 11.6 Å². The van der Waals surface area contributed by atoms with E-state index in [1.807, 2.05) is 30.3 Å². The van der Waals surface area contributed by atoms with E-state index in [9.17, 15) is 9.90 Å². The Balaban J connectivity index is 1.59. The maximum Gasteiger partial charge on any atom is 0.302 e. The van der Waals surface area contributed by atoms with Gasteiger partial charge >= 0.3 is 5.91 Å². The van der Waals surface area contributed by atoms with Crippen LogP contribution in [0.15, 0.2) is 77.0 Å². The van der Waals surface area contributed by atoms with Gasteiger partial charge in [-0.1, -0.05) is 48.0 Å². The highest BCUT2D eigenvalue weighted by Crippen LogP contribution is 2.39. The van der Waals surface area contributed by atoms with Gasteiger partial charge in [0.1, 0.15) is 5.75 Å². The van der Waals surface area contributed by atoms with E-state index in [0.29, 0.717) is 34.2 Å². The van der Waals surface area contributed by atoms with Gasteiger partial charge < -0.3 is 23.9 Å². The molecule has 0 saturated carbocycles. The number of rotatable bonds is 8. The lowest BCUT2D eigenvalue weighted by atomic mass is 10.2. The third-order valence-electron chi connectivity index (χ3n) is 5.16. The van der Waals surface area contributed by atoms with Gasteiger partial charge in [0.25, 0.3) is 0 Å². The Morgan fingerprint density at radius 1 is 0.971 bits per heavy atom. The van der Waals surface area contributed by atoms with E-state index < -0.39 is 5.91 Å². The molecule has 1 amide bonds. The predicted molar refractivity (Wildman–Crippen MR) is 129 cm³/mol. The molecule has 4 aromatic rings. The molecule has 0 aliphatic rings. The van der Waals surface area contributed by atoms with Crippen LogP contribution in [0.2, 0.25) is 5.02 Å². The molecule has 0 spiro atoms. The molecule has 0 bridgehead atoms. The number of para-hydroxylation sites is 2. The largest absolute Gasteiger partial charge is 0.493 e. The van der Waals surface area contributed by atoms with Crippen LogP contribution in [0.4, 0.5) is 5.69 Å². The molecule has 0 atom stereocenters. The van der Waals surface area contributed by atoms with Gasteiger partial charge in [-0.15, -0.1) is 10.2 Å². The molecule has 1 N–H and O–H groups in total. The van der Waals surface area contributed by atoms with E-state index in [2.05, 4.69) is 10.2 Å². The van der Waals surface area contributed by atoms with E-state index >= 15 is 0 Å². The summed E-state index contributed by atoms with van der Waals surface area (Å²) in [4.78, 5) is 12.2. The van der Waals surface area contributed by atoms with Gasteiger partial charge in [0.05, 0.1) is 31.3 Å². The highest BCUT2D eigenvalue weighted by molar-refractivity contribution is 6.32. The zero-order chi connectivity index (χ0) is 24.1. The maximum atomic E-state index is 12.2. The smallest absolute Gasteiger partial charge is 0.302 e. The minimum absolute atomic E-state index is 0.112. The second kappa shape index (κ2) is 10.3. The number of hydrogen-bond donors (Lipinski definition) is 1. The maximum absolute atomic E-state index is 12.2. The molecular formula is C25H22ClN3O5. The number of carbonyl (C=O) groups excluding carboxylic acids is 1. The van der Waals surface area contributed by atoms with Crippen molar-refractivity contribution in [2.45, 2.75) is 6.54 Å². The fraction of sp³-hybridized carbons (Fsp3) is 0.160. The van der Waals surface area contributed by atoms with Gasteiger partial charge in [0.2, 0.25) is 5.88 Å². The average molecular weight is 480 g/mol. The van der Waals surface area contributed by atoms with Crippen molar-refractivity contribution in [1.29, 1.82) is 0 Å². The van der Waals surface area contributed by atoms with E-state index in [-0.39, 0.29) is 18.2 Å². The van der Waals surface area contributed by atoms with Crippen LogP contribution in [0.5, 0.6) is 23.1 Å². The van der Waals surface area contributed by atoms with E-state index in [4.69, 9.17) is 25.8 Å². The first kappa shape index (κ1) is 23.1. The highest BCUT2D eigenvalue weighted by atomic mass is 35.5. The second-order valence-corrected chi connectivity index (χ2v) is 7.68. The van der Waals surface area contributed by atoms with Crippen LogP contribution in [-0.4, -0.2) is 36.4 Å². The Morgan fingerprint density at radius 2 is 1.71 bits per heavy atom. The third-order valence-corrected chi connectivity index (χ3v) is 5.47. The Kier molecular flexibility index (Phi) is 6.98. The standard InChI is InChI=1S/C25H22ClN3O5/c1-32-21-12-11-16(13-22(21)33-2)14-29-19-9-5-3-7-17(19)24(25(29)31)28-27-23(30)15-34-20-10-6-4-8-18(20)26/h3-13,31H,14-15H2,1-2H3. The van der Waals surface area contributed by atoms with Crippen LogP contribution in [-0.2, 0) is 11.3 Å². The Labute approximate surface area is 201 Å². The number of aromatic nitrogens is 1. The quantitative estimate of drug-likeness (QED) is 0.324. The van der Waals surface area contributed by atoms with Gasteiger partial charge in [-0.2, -0.15) is 0 Å². The molecule has 9 heteroatoms. The lowest BCUT2D eigenvalue weighted by Crippen LogP contribution is -2.08. The summed E-state index contributed by atoms with van der Waals surface area (Å²) in [5.41, 5.74) is 1.81. The highest BCUT2D eigenvalue weighted by Gasteiger charge is 2.18. The normalized spacial score (nSPS) is 11.1. The molecule has 3 aromatic carbocycles. The molecule has 174 valence electrons. The Hall–Kier alpha value is -4.04. The molecule has 1 heterocycles. The van der Waals surface area contributed by atoms with Gasteiger partial charge in [0.15, 0.2) is 23.8 Å². The summed E-state index contributed by atoms with van der Waals surface area (Å²) in [6, 6.07) is 19.7. The van der Waals surface area contributed by atoms with Crippen molar-refractivity contribution in [2.75, 3.05) is 20.8 Å². The summed E-state index contributed by atoms with van der Waals surface area (Å²) >= 11 is 6.03. The molecular weight excluding hydrogens is 458 g/mol. The van der Waals surface area contributed by atoms with Crippen molar-refractivity contribution >= 4 is 34.1 Å². The lowest BCUT2D eigenvalue weighted by Gasteiger charge is -2.11. The molecule has 34 heavy (non-hydrogen) atoms. The third kappa shape index (κ3) is 4.82. The summed E-state index contributed by atoms with van der Waals surface area (Å²) in [6.45, 7) is 0.00403. The van der Waals surface area contributed by atoms with Crippen LogP contribution in [0.1, 0.15) is 5.56 Å². The number of carbonyl (C=O) groups is 1. The number of nitrogens with zero attached hydrogens (tertiary/aromatic N) is 3. The fourth-order valence-corrected chi connectivity index (χ4v) is 3.72. The zero-order valence-electron chi connectivity index (χ0n) is 18.6. The Bertz CT molecular complexity index is 1370. The van der Waals surface area contributed by atoms with Crippen LogP contribution < -0.4 is 14.2 Å². The molecule has 0 fully saturated rings. The number of methoxy groups -OCH3 is 2. The predicted octanol–water partition coefficient (Wildman–Crippen LogP) is 5.76.